The number of allylic oxidation sites excluding steroid dienone is 3. The standard InChI is InChI=1S/C11H12FN/c1-3-11(9(2)13-12)10-7-5-4-6-8-10/h3-8,13H,1H2,2H3/b11-9-. The highest BCUT2D eigenvalue weighted by molar-refractivity contribution is 5.75. The van der Waals surface area contributed by atoms with Gasteiger partial charge < -0.3 is 0 Å². The molecule has 68 valence electrons. The van der Waals surface area contributed by atoms with Crippen LogP contribution in [-0.4, -0.2) is 0 Å². The minimum Gasteiger partial charge on any atom is -0.228 e. The molecule has 0 aliphatic rings. The Morgan fingerprint density at radius 2 is 2.00 bits per heavy atom. The SMILES string of the molecule is C=C/C(=C(\C)NF)c1ccccc1. The predicted octanol–water partition coefficient (Wildman–Crippen LogP) is 3.08. The van der Waals surface area contributed by atoms with E-state index in [4.69, 9.17) is 0 Å². The van der Waals surface area contributed by atoms with Crippen LogP contribution in [0.1, 0.15) is 12.5 Å². The van der Waals surface area contributed by atoms with Crippen LogP contribution in [0.2, 0.25) is 0 Å². The van der Waals surface area contributed by atoms with Crippen LogP contribution in [0.4, 0.5) is 4.48 Å². The van der Waals surface area contributed by atoms with Gasteiger partial charge in [0.05, 0.1) is 0 Å². The van der Waals surface area contributed by atoms with Gasteiger partial charge in [-0.05, 0) is 12.5 Å². The van der Waals surface area contributed by atoms with Crippen molar-refractivity contribution in [2.45, 2.75) is 6.92 Å². The van der Waals surface area contributed by atoms with Gasteiger partial charge in [-0.2, -0.15) is 0 Å². The molecular weight excluding hydrogens is 165 g/mol. The van der Waals surface area contributed by atoms with E-state index in [-0.39, 0.29) is 0 Å². The molecule has 0 aromatic heterocycles. The molecule has 13 heavy (non-hydrogen) atoms. The summed E-state index contributed by atoms with van der Waals surface area (Å²) < 4.78 is 12.2. The molecule has 1 rings (SSSR count). The van der Waals surface area contributed by atoms with Gasteiger partial charge in [-0.1, -0.05) is 43.0 Å². The summed E-state index contributed by atoms with van der Waals surface area (Å²) >= 11 is 0. The highest BCUT2D eigenvalue weighted by Gasteiger charge is 2.00. The summed E-state index contributed by atoms with van der Waals surface area (Å²) in [6.07, 6.45) is 1.64. The molecule has 0 atom stereocenters. The minimum atomic E-state index is 0.473. The fourth-order valence-electron chi connectivity index (χ4n) is 1.16. The Bertz CT molecular complexity index is 314. The molecule has 1 nitrogen and oxygen atoms in total. The summed E-state index contributed by atoms with van der Waals surface area (Å²) in [6, 6.07) is 9.56. The zero-order chi connectivity index (χ0) is 9.68. The maximum absolute atomic E-state index is 12.2. The Kier molecular flexibility index (Phi) is 3.26. The van der Waals surface area contributed by atoms with Crippen molar-refractivity contribution in [1.82, 2.24) is 5.54 Å². The molecule has 0 heterocycles. The van der Waals surface area contributed by atoms with Gasteiger partial charge >= 0.3 is 0 Å². The van der Waals surface area contributed by atoms with Gasteiger partial charge in [0.1, 0.15) is 0 Å². The molecule has 0 unspecified atom stereocenters. The molecule has 0 amide bonds. The molecule has 0 saturated carbocycles. The lowest BCUT2D eigenvalue weighted by Crippen LogP contribution is -1.99. The molecule has 1 aromatic rings. The molecule has 0 aliphatic carbocycles. The summed E-state index contributed by atoms with van der Waals surface area (Å²) in [5, 5.41) is 0. The molecular formula is C11H12FN. The van der Waals surface area contributed by atoms with E-state index in [2.05, 4.69) is 6.58 Å². The summed E-state index contributed by atoms with van der Waals surface area (Å²) in [5.74, 6) is 0. The van der Waals surface area contributed by atoms with E-state index in [0.29, 0.717) is 5.70 Å². The molecule has 0 bridgehead atoms. The first-order chi connectivity index (χ1) is 6.29. The Morgan fingerprint density at radius 1 is 1.38 bits per heavy atom. The van der Waals surface area contributed by atoms with Crippen LogP contribution >= 0.6 is 0 Å². The predicted molar refractivity (Wildman–Crippen MR) is 53.5 cm³/mol. The van der Waals surface area contributed by atoms with E-state index in [1.165, 1.54) is 0 Å². The van der Waals surface area contributed by atoms with Gasteiger partial charge in [0.15, 0.2) is 0 Å². The Morgan fingerprint density at radius 3 is 2.46 bits per heavy atom. The topological polar surface area (TPSA) is 12.0 Å². The number of rotatable bonds is 3. The molecule has 2 heteroatoms. The minimum absolute atomic E-state index is 0.473. The first-order valence-electron chi connectivity index (χ1n) is 4.05. The Labute approximate surface area is 77.5 Å². The molecule has 0 saturated heterocycles. The fraction of sp³-hybridized carbons (Fsp3) is 0.0909. The second-order valence-corrected chi connectivity index (χ2v) is 2.70. The highest BCUT2D eigenvalue weighted by atomic mass is 19.2. The van der Waals surface area contributed by atoms with Crippen molar-refractivity contribution >= 4 is 5.57 Å². The van der Waals surface area contributed by atoms with Crippen LogP contribution in [0.15, 0.2) is 48.7 Å². The van der Waals surface area contributed by atoms with Gasteiger partial charge in [0, 0.05) is 11.3 Å². The third kappa shape index (κ3) is 2.18. The van der Waals surface area contributed by atoms with Crippen LogP contribution in [0.25, 0.3) is 5.57 Å². The third-order valence-electron chi connectivity index (χ3n) is 1.83. The van der Waals surface area contributed by atoms with E-state index in [1.807, 2.05) is 30.3 Å². The average molecular weight is 177 g/mol. The normalized spacial score (nSPS) is 11.8. The van der Waals surface area contributed by atoms with Crippen molar-refractivity contribution in [3.63, 3.8) is 0 Å². The lowest BCUT2D eigenvalue weighted by atomic mass is 10.0. The first-order valence-corrected chi connectivity index (χ1v) is 4.05. The van der Waals surface area contributed by atoms with E-state index < -0.39 is 0 Å². The largest absolute Gasteiger partial charge is 0.228 e. The van der Waals surface area contributed by atoms with Crippen LogP contribution in [-0.2, 0) is 0 Å². The van der Waals surface area contributed by atoms with E-state index in [1.54, 1.807) is 18.5 Å². The van der Waals surface area contributed by atoms with Crippen molar-refractivity contribution in [1.29, 1.82) is 0 Å². The lowest BCUT2D eigenvalue weighted by Gasteiger charge is -2.05. The lowest BCUT2D eigenvalue weighted by molar-refractivity contribution is 0.387. The van der Waals surface area contributed by atoms with Gasteiger partial charge in [-0.3, -0.25) is 0 Å². The molecule has 1 aromatic carbocycles. The summed E-state index contributed by atoms with van der Waals surface area (Å²) in [6.45, 7) is 5.31. The summed E-state index contributed by atoms with van der Waals surface area (Å²) in [7, 11) is 0. The van der Waals surface area contributed by atoms with Gasteiger partial charge in [0.25, 0.3) is 0 Å². The maximum atomic E-state index is 12.2. The number of benzene rings is 1. The number of hydrogen-bond donors (Lipinski definition) is 1. The number of hydrogen-bond acceptors (Lipinski definition) is 1. The van der Waals surface area contributed by atoms with Crippen molar-refractivity contribution < 1.29 is 4.48 Å². The van der Waals surface area contributed by atoms with Crippen molar-refractivity contribution in [3.8, 4) is 0 Å². The van der Waals surface area contributed by atoms with Crippen LogP contribution in [0.3, 0.4) is 0 Å². The monoisotopic (exact) mass is 177 g/mol. The Balaban J connectivity index is 3.12. The highest BCUT2D eigenvalue weighted by Crippen LogP contribution is 2.17. The second kappa shape index (κ2) is 4.45. The fourth-order valence-corrected chi connectivity index (χ4v) is 1.16. The number of nitrogens with one attached hydrogen (secondary N) is 1. The van der Waals surface area contributed by atoms with Crippen molar-refractivity contribution in [2.24, 2.45) is 0 Å². The van der Waals surface area contributed by atoms with Gasteiger partial charge in [-0.25, -0.2) is 5.54 Å². The first kappa shape index (κ1) is 9.52. The van der Waals surface area contributed by atoms with Crippen molar-refractivity contribution in [3.05, 3.63) is 54.2 Å². The van der Waals surface area contributed by atoms with E-state index >= 15 is 0 Å². The zero-order valence-corrected chi connectivity index (χ0v) is 7.55. The zero-order valence-electron chi connectivity index (χ0n) is 7.55. The summed E-state index contributed by atoms with van der Waals surface area (Å²) in [4.78, 5) is 0. The van der Waals surface area contributed by atoms with Gasteiger partial charge in [0.2, 0.25) is 0 Å². The van der Waals surface area contributed by atoms with Crippen LogP contribution in [0, 0.1) is 0 Å². The smallest absolute Gasteiger partial charge is 0.0476 e. The molecule has 0 spiro atoms. The Hall–Kier alpha value is -1.57. The van der Waals surface area contributed by atoms with Gasteiger partial charge in [-0.15, -0.1) is 4.48 Å². The van der Waals surface area contributed by atoms with Crippen LogP contribution in [0.5, 0.6) is 0 Å². The van der Waals surface area contributed by atoms with Crippen molar-refractivity contribution in [2.75, 3.05) is 0 Å². The third-order valence-corrected chi connectivity index (χ3v) is 1.83. The molecule has 1 N–H and O–H groups in total. The number of halogens is 1. The van der Waals surface area contributed by atoms with E-state index in [9.17, 15) is 4.48 Å². The molecule has 0 radical (unpaired) electrons. The maximum Gasteiger partial charge on any atom is 0.0476 e. The second-order valence-electron chi connectivity index (χ2n) is 2.70. The summed E-state index contributed by atoms with van der Waals surface area (Å²) in [5.41, 5.74) is 3.84. The quantitative estimate of drug-likeness (QED) is 0.552. The van der Waals surface area contributed by atoms with E-state index in [0.717, 1.165) is 11.1 Å². The molecule has 0 fully saturated rings. The molecule has 0 aliphatic heterocycles. The average Bonchev–Trinajstić information content (AvgIpc) is 2.20. The van der Waals surface area contributed by atoms with Crippen LogP contribution < -0.4 is 5.54 Å².